The number of ether oxygens (including phenoxy) is 3. The summed E-state index contributed by atoms with van der Waals surface area (Å²) in [5.74, 6) is 1.71. The third-order valence-corrected chi connectivity index (χ3v) is 4.66. The molecule has 3 aromatic rings. The molecule has 0 spiro atoms. The first-order chi connectivity index (χ1) is 15.2. The van der Waals surface area contributed by atoms with Crippen molar-refractivity contribution in [2.24, 2.45) is 5.10 Å². The van der Waals surface area contributed by atoms with Crippen molar-refractivity contribution >= 4 is 29.4 Å². The molecule has 0 unspecified atom stereocenters. The van der Waals surface area contributed by atoms with Crippen LogP contribution < -0.4 is 25.0 Å². The van der Waals surface area contributed by atoms with Gasteiger partial charge in [0.15, 0.2) is 11.5 Å². The molecule has 4 rings (SSSR count). The number of amides is 1. The SMILES string of the molecule is O=C(CNc1ccc2c(c1)OCO2)N/N=C\c1ccccc1OCc1cccc(Cl)c1. The molecule has 0 aliphatic carbocycles. The van der Waals surface area contributed by atoms with Crippen LogP contribution in [-0.2, 0) is 11.4 Å². The van der Waals surface area contributed by atoms with Crippen LogP contribution in [0.3, 0.4) is 0 Å². The van der Waals surface area contributed by atoms with Crippen molar-refractivity contribution in [3.8, 4) is 17.2 Å². The van der Waals surface area contributed by atoms with Crippen molar-refractivity contribution in [1.29, 1.82) is 0 Å². The van der Waals surface area contributed by atoms with Crippen LogP contribution in [0.5, 0.6) is 17.2 Å². The Morgan fingerprint density at radius 3 is 2.84 bits per heavy atom. The van der Waals surface area contributed by atoms with Gasteiger partial charge in [0, 0.05) is 22.3 Å². The summed E-state index contributed by atoms with van der Waals surface area (Å²) < 4.78 is 16.5. The molecule has 0 radical (unpaired) electrons. The van der Waals surface area contributed by atoms with Gasteiger partial charge in [0.05, 0.1) is 12.8 Å². The minimum Gasteiger partial charge on any atom is -0.488 e. The summed E-state index contributed by atoms with van der Waals surface area (Å²) in [6.07, 6.45) is 1.55. The van der Waals surface area contributed by atoms with E-state index in [4.69, 9.17) is 25.8 Å². The molecule has 1 aliphatic heterocycles. The molecule has 0 saturated heterocycles. The molecule has 0 saturated carbocycles. The van der Waals surface area contributed by atoms with Gasteiger partial charge in [0.1, 0.15) is 12.4 Å². The van der Waals surface area contributed by atoms with Crippen LogP contribution in [0.4, 0.5) is 5.69 Å². The summed E-state index contributed by atoms with van der Waals surface area (Å²) in [6.45, 7) is 0.638. The highest BCUT2D eigenvalue weighted by Crippen LogP contribution is 2.34. The first-order valence-corrected chi connectivity index (χ1v) is 9.97. The molecule has 31 heavy (non-hydrogen) atoms. The first-order valence-electron chi connectivity index (χ1n) is 9.59. The fourth-order valence-electron chi connectivity index (χ4n) is 2.91. The minimum absolute atomic E-state index is 0.0594. The van der Waals surface area contributed by atoms with Gasteiger partial charge in [-0.3, -0.25) is 4.79 Å². The lowest BCUT2D eigenvalue weighted by atomic mass is 10.2. The van der Waals surface area contributed by atoms with Crippen LogP contribution >= 0.6 is 11.6 Å². The van der Waals surface area contributed by atoms with E-state index in [1.54, 1.807) is 18.3 Å². The molecule has 3 aromatic carbocycles. The van der Waals surface area contributed by atoms with Gasteiger partial charge in [-0.15, -0.1) is 0 Å². The van der Waals surface area contributed by atoms with Crippen LogP contribution in [0.2, 0.25) is 5.02 Å². The summed E-state index contributed by atoms with van der Waals surface area (Å²) in [5, 5.41) is 7.71. The average molecular weight is 438 g/mol. The highest BCUT2D eigenvalue weighted by atomic mass is 35.5. The number of nitrogens with one attached hydrogen (secondary N) is 2. The third kappa shape index (κ3) is 5.67. The second kappa shape index (κ2) is 9.86. The number of hydrogen-bond donors (Lipinski definition) is 2. The Kier molecular flexibility index (Phi) is 6.54. The van der Waals surface area contributed by atoms with E-state index in [1.165, 1.54) is 0 Å². The zero-order valence-electron chi connectivity index (χ0n) is 16.5. The number of fused-ring (bicyclic) bond motifs is 1. The number of nitrogens with zero attached hydrogens (tertiary/aromatic N) is 1. The Morgan fingerprint density at radius 1 is 1.06 bits per heavy atom. The number of para-hydroxylation sites is 1. The standard InChI is InChI=1S/C23H20ClN3O4/c24-18-6-3-4-16(10-18)14-29-20-7-2-1-5-17(20)12-26-27-23(28)13-25-19-8-9-21-22(11-19)31-15-30-21/h1-12,25H,13-15H2,(H,27,28)/b26-12-. The van der Waals surface area contributed by atoms with Gasteiger partial charge in [0.25, 0.3) is 5.91 Å². The summed E-state index contributed by atoms with van der Waals surface area (Å²) in [4.78, 5) is 12.1. The number of benzene rings is 3. The molecule has 1 amide bonds. The number of halogens is 1. The largest absolute Gasteiger partial charge is 0.488 e. The Hall–Kier alpha value is -3.71. The molecular weight excluding hydrogens is 418 g/mol. The van der Waals surface area contributed by atoms with E-state index in [0.717, 1.165) is 16.8 Å². The van der Waals surface area contributed by atoms with Crippen molar-refractivity contribution in [2.45, 2.75) is 6.61 Å². The lowest BCUT2D eigenvalue weighted by Crippen LogP contribution is -2.25. The zero-order chi connectivity index (χ0) is 21.5. The summed E-state index contributed by atoms with van der Waals surface area (Å²) in [6, 6.07) is 20.3. The first kappa shape index (κ1) is 20.6. The van der Waals surface area contributed by atoms with E-state index in [-0.39, 0.29) is 19.2 Å². The third-order valence-electron chi connectivity index (χ3n) is 4.42. The van der Waals surface area contributed by atoms with Gasteiger partial charge in [-0.05, 0) is 42.0 Å². The lowest BCUT2D eigenvalue weighted by Gasteiger charge is -2.09. The summed E-state index contributed by atoms with van der Waals surface area (Å²) in [7, 11) is 0. The molecule has 158 valence electrons. The van der Waals surface area contributed by atoms with Gasteiger partial charge in [-0.25, -0.2) is 5.43 Å². The quantitative estimate of drug-likeness (QED) is 0.407. The Morgan fingerprint density at radius 2 is 1.94 bits per heavy atom. The molecule has 7 nitrogen and oxygen atoms in total. The Bertz CT molecular complexity index is 1100. The zero-order valence-corrected chi connectivity index (χ0v) is 17.3. The van der Waals surface area contributed by atoms with Crippen LogP contribution in [-0.4, -0.2) is 25.5 Å². The number of hydrazone groups is 1. The lowest BCUT2D eigenvalue weighted by molar-refractivity contribution is -0.119. The van der Waals surface area contributed by atoms with Crippen molar-refractivity contribution in [1.82, 2.24) is 5.43 Å². The predicted molar refractivity (Wildman–Crippen MR) is 119 cm³/mol. The summed E-state index contributed by atoms with van der Waals surface area (Å²) >= 11 is 6.01. The van der Waals surface area contributed by atoms with Gasteiger partial charge in [-0.2, -0.15) is 5.10 Å². The predicted octanol–water partition coefficient (Wildman–Crippen LogP) is 4.21. The van der Waals surface area contributed by atoms with E-state index in [0.29, 0.717) is 28.9 Å². The van der Waals surface area contributed by atoms with Gasteiger partial charge >= 0.3 is 0 Å². The fourth-order valence-corrected chi connectivity index (χ4v) is 3.12. The van der Waals surface area contributed by atoms with E-state index < -0.39 is 0 Å². The number of anilines is 1. The smallest absolute Gasteiger partial charge is 0.259 e. The number of carbonyl (C=O) groups excluding carboxylic acids is 1. The molecule has 0 atom stereocenters. The number of rotatable bonds is 8. The van der Waals surface area contributed by atoms with Crippen LogP contribution in [0, 0.1) is 0 Å². The van der Waals surface area contributed by atoms with Crippen molar-refractivity contribution in [2.75, 3.05) is 18.7 Å². The molecule has 1 heterocycles. The highest BCUT2D eigenvalue weighted by molar-refractivity contribution is 6.30. The van der Waals surface area contributed by atoms with Crippen LogP contribution in [0.25, 0.3) is 0 Å². The Labute approximate surface area is 184 Å². The number of carbonyl (C=O) groups is 1. The maximum atomic E-state index is 12.1. The second-order valence-corrected chi connectivity index (χ2v) is 7.11. The van der Waals surface area contributed by atoms with Crippen LogP contribution in [0.15, 0.2) is 71.8 Å². The van der Waals surface area contributed by atoms with E-state index in [9.17, 15) is 4.79 Å². The van der Waals surface area contributed by atoms with Gasteiger partial charge < -0.3 is 19.5 Å². The fraction of sp³-hybridized carbons (Fsp3) is 0.130. The molecule has 2 N–H and O–H groups in total. The molecule has 1 aliphatic rings. The van der Waals surface area contributed by atoms with Gasteiger partial charge in [0.2, 0.25) is 6.79 Å². The maximum Gasteiger partial charge on any atom is 0.259 e. The van der Waals surface area contributed by atoms with Crippen molar-refractivity contribution in [3.05, 3.63) is 82.9 Å². The topological polar surface area (TPSA) is 81.2 Å². The highest BCUT2D eigenvalue weighted by Gasteiger charge is 2.13. The average Bonchev–Trinajstić information content (AvgIpc) is 3.25. The molecular formula is C23H20ClN3O4. The Balaban J connectivity index is 1.29. The van der Waals surface area contributed by atoms with E-state index in [2.05, 4.69) is 15.8 Å². The van der Waals surface area contributed by atoms with E-state index in [1.807, 2.05) is 54.6 Å². The molecule has 0 aromatic heterocycles. The molecule has 0 bridgehead atoms. The summed E-state index contributed by atoms with van der Waals surface area (Å²) in [5.41, 5.74) is 4.96. The van der Waals surface area contributed by atoms with E-state index >= 15 is 0 Å². The van der Waals surface area contributed by atoms with Gasteiger partial charge in [-0.1, -0.05) is 35.9 Å². The molecule has 0 fully saturated rings. The van der Waals surface area contributed by atoms with Crippen molar-refractivity contribution in [3.63, 3.8) is 0 Å². The van der Waals surface area contributed by atoms with Crippen LogP contribution in [0.1, 0.15) is 11.1 Å². The minimum atomic E-state index is -0.286. The molecule has 8 heteroatoms. The maximum absolute atomic E-state index is 12.1. The van der Waals surface area contributed by atoms with Crippen molar-refractivity contribution < 1.29 is 19.0 Å². The normalized spacial score (nSPS) is 12.0. The monoisotopic (exact) mass is 437 g/mol. The second-order valence-electron chi connectivity index (χ2n) is 6.67. The number of hydrogen-bond acceptors (Lipinski definition) is 6.